The summed E-state index contributed by atoms with van der Waals surface area (Å²) in [4.78, 5) is 28.5. The molecule has 0 aliphatic carbocycles. The van der Waals surface area contributed by atoms with Crippen LogP contribution in [0.15, 0.2) is 42.7 Å². The van der Waals surface area contributed by atoms with Gasteiger partial charge in [0.05, 0.1) is 24.6 Å². The van der Waals surface area contributed by atoms with Gasteiger partial charge in [0, 0.05) is 30.1 Å². The van der Waals surface area contributed by atoms with E-state index in [0.29, 0.717) is 15.5 Å². The van der Waals surface area contributed by atoms with E-state index in [4.69, 9.17) is 16.3 Å². The lowest BCUT2D eigenvalue weighted by molar-refractivity contribution is -0.143. The number of anilines is 1. The van der Waals surface area contributed by atoms with Crippen molar-refractivity contribution in [3.8, 4) is 11.6 Å². The van der Waals surface area contributed by atoms with Crippen molar-refractivity contribution >= 4 is 40.1 Å². The number of carbonyl (C=O) groups is 2. The molecule has 0 aliphatic rings. The molecule has 0 radical (unpaired) electrons. The summed E-state index contributed by atoms with van der Waals surface area (Å²) in [5.41, 5.74) is -1.99. The Morgan fingerprint density at radius 2 is 1.94 bits per heavy atom. The smallest absolute Gasteiger partial charge is 0.434 e. The van der Waals surface area contributed by atoms with Crippen LogP contribution in [0.4, 0.5) is 23.8 Å². The number of methoxy groups -OCH3 is 1. The first kappa shape index (κ1) is 23.0. The summed E-state index contributed by atoms with van der Waals surface area (Å²) in [7, 11) is 2.73. The summed E-state index contributed by atoms with van der Waals surface area (Å²) in [6, 6.07) is 6.53. The molecule has 176 valence electrons. The van der Waals surface area contributed by atoms with E-state index in [9.17, 15) is 22.8 Å². The number of hydrogen-bond acceptors (Lipinski definition) is 6. The van der Waals surface area contributed by atoms with Crippen LogP contribution in [0.25, 0.3) is 16.5 Å². The van der Waals surface area contributed by atoms with Crippen molar-refractivity contribution < 1.29 is 27.5 Å². The van der Waals surface area contributed by atoms with Crippen molar-refractivity contribution in [2.24, 2.45) is 0 Å². The van der Waals surface area contributed by atoms with Crippen LogP contribution < -0.4 is 15.4 Å². The second-order valence-electron chi connectivity index (χ2n) is 6.78. The van der Waals surface area contributed by atoms with Crippen LogP contribution in [-0.4, -0.2) is 50.6 Å². The van der Waals surface area contributed by atoms with Gasteiger partial charge < -0.3 is 15.4 Å². The molecule has 34 heavy (non-hydrogen) atoms. The lowest BCUT2D eigenvalue weighted by atomic mass is 10.1. The zero-order valence-corrected chi connectivity index (χ0v) is 18.3. The number of benzene rings is 1. The second-order valence-corrected chi connectivity index (χ2v) is 7.17. The third-order valence-electron chi connectivity index (χ3n) is 4.76. The van der Waals surface area contributed by atoms with Crippen molar-refractivity contribution in [3.05, 3.63) is 59.1 Å². The monoisotopic (exact) mass is 493 g/mol. The average Bonchev–Trinajstić information content (AvgIpc) is 3.41. The minimum atomic E-state index is -4.94. The van der Waals surface area contributed by atoms with Crippen LogP contribution in [0.5, 0.6) is 5.88 Å². The predicted octanol–water partition coefficient (Wildman–Crippen LogP) is 3.74. The van der Waals surface area contributed by atoms with E-state index in [1.54, 1.807) is 6.07 Å². The number of nitrogens with zero attached hydrogens (tertiary/aromatic N) is 5. The SMILES string of the molecule is CNC(=O)n1nc(NC(=O)c2cnn(-c3cccc4c(OC)nccc34)c2C(F)(F)F)cc1Cl. The molecule has 0 saturated heterocycles. The Hall–Kier alpha value is -4.13. The molecule has 2 amide bonds. The highest BCUT2D eigenvalue weighted by atomic mass is 35.5. The molecule has 0 unspecified atom stereocenters. The number of alkyl halides is 3. The van der Waals surface area contributed by atoms with E-state index < -0.39 is 29.4 Å². The van der Waals surface area contributed by atoms with Crippen molar-refractivity contribution in [2.75, 3.05) is 19.5 Å². The van der Waals surface area contributed by atoms with Crippen LogP contribution in [-0.2, 0) is 6.18 Å². The molecule has 14 heteroatoms. The molecule has 0 atom stereocenters. The summed E-state index contributed by atoms with van der Waals surface area (Å²) in [5, 5.41) is 12.8. The van der Waals surface area contributed by atoms with Gasteiger partial charge in [-0.05, 0) is 18.2 Å². The number of carbonyl (C=O) groups excluding carboxylic acids is 2. The molecule has 1 aromatic carbocycles. The molecule has 10 nitrogen and oxygen atoms in total. The predicted molar refractivity (Wildman–Crippen MR) is 115 cm³/mol. The number of rotatable bonds is 4. The Labute approximate surface area is 194 Å². The third-order valence-corrected chi connectivity index (χ3v) is 5.03. The molecule has 0 aliphatic heterocycles. The number of halogens is 4. The fraction of sp³-hybridized carbons (Fsp3) is 0.150. The van der Waals surface area contributed by atoms with Crippen molar-refractivity contribution in [2.45, 2.75) is 6.18 Å². The topological polar surface area (TPSA) is 116 Å². The van der Waals surface area contributed by atoms with E-state index in [-0.39, 0.29) is 22.5 Å². The summed E-state index contributed by atoms with van der Waals surface area (Å²) >= 11 is 5.89. The maximum absolute atomic E-state index is 14.1. The zero-order chi connectivity index (χ0) is 24.6. The van der Waals surface area contributed by atoms with Gasteiger partial charge in [0.25, 0.3) is 5.91 Å². The highest BCUT2D eigenvalue weighted by molar-refractivity contribution is 6.30. The van der Waals surface area contributed by atoms with Crippen molar-refractivity contribution in [3.63, 3.8) is 0 Å². The summed E-state index contributed by atoms with van der Waals surface area (Å²) in [6.45, 7) is 0. The first-order valence-corrected chi connectivity index (χ1v) is 9.89. The fourth-order valence-electron chi connectivity index (χ4n) is 3.33. The van der Waals surface area contributed by atoms with Crippen molar-refractivity contribution in [1.29, 1.82) is 0 Å². The lowest BCUT2D eigenvalue weighted by Gasteiger charge is -2.14. The molecule has 0 bridgehead atoms. The Morgan fingerprint density at radius 3 is 2.62 bits per heavy atom. The Bertz CT molecular complexity index is 1410. The van der Waals surface area contributed by atoms with Crippen LogP contribution in [0.2, 0.25) is 5.15 Å². The number of pyridine rings is 1. The highest BCUT2D eigenvalue weighted by Crippen LogP contribution is 2.36. The minimum absolute atomic E-state index is 0.0662. The van der Waals surface area contributed by atoms with Crippen LogP contribution in [0.1, 0.15) is 16.1 Å². The second kappa shape index (κ2) is 8.67. The highest BCUT2D eigenvalue weighted by Gasteiger charge is 2.41. The van der Waals surface area contributed by atoms with Gasteiger partial charge in [-0.15, -0.1) is 5.10 Å². The molecule has 4 aromatic rings. The van der Waals surface area contributed by atoms with E-state index in [1.807, 2.05) is 0 Å². The minimum Gasteiger partial charge on any atom is -0.481 e. The molecule has 3 heterocycles. The quantitative estimate of drug-likeness (QED) is 0.447. The summed E-state index contributed by atoms with van der Waals surface area (Å²) in [6.07, 6.45) is -2.75. The molecule has 0 fully saturated rings. The number of hydrogen-bond donors (Lipinski definition) is 2. The molecule has 4 rings (SSSR count). The van der Waals surface area contributed by atoms with Gasteiger partial charge in [0.15, 0.2) is 11.5 Å². The van der Waals surface area contributed by atoms with E-state index >= 15 is 0 Å². The standard InChI is InChI=1S/C20H15ClF3N7O3/c1-25-19(33)31-14(21)8-15(29-31)28-17(32)12-9-27-30(16(12)20(22,23)24)13-5-3-4-11-10(13)6-7-26-18(11)34-2/h3-9H,1-2H3,(H,25,33)(H,28,29,32). The number of amides is 2. The van der Waals surface area contributed by atoms with Gasteiger partial charge in [0.1, 0.15) is 5.15 Å². The van der Waals surface area contributed by atoms with Gasteiger partial charge in [-0.25, -0.2) is 14.5 Å². The Morgan fingerprint density at radius 1 is 1.18 bits per heavy atom. The van der Waals surface area contributed by atoms with Gasteiger partial charge >= 0.3 is 12.2 Å². The zero-order valence-electron chi connectivity index (χ0n) is 17.5. The van der Waals surface area contributed by atoms with Crippen LogP contribution in [0.3, 0.4) is 0 Å². The summed E-state index contributed by atoms with van der Waals surface area (Å²) in [5.74, 6) is -1.14. The van der Waals surface area contributed by atoms with Crippen LogP contribution in [0, 0.1) is 0 Å². The van der Waals surface area contributed by atoms with Gasteiger partial charge in [-0.3, -0.25) is 4.79 Å². The number of nitrogens with one attached hydrogen (secondary N) is 2. The average molecular weight is 494 g/mol. The molecule has 2 N–H and O–H groups in total. The first-order chi connectivity index (χ1) is 16.2. The summed E-state index contributed by atoms with van der Waals surface area (Å²) < 4.78 is 48.9. The fourth-order valence-corrected chi connectivity index (χ4v) is 3.55. The normalized spacial score (nSPS) is 11.5. The Kier molecular flexibility index (Phi) is 5.87. The van der Waals surface area contributed by atoms with Gasteiger partial charge in [0.2, 0.25) is 5.88 Å². The van der Waals surface area contributed by atoms with E-state index in [2.05, 4.69) is 25.8 Å². The van der Waals surface area contributed by atoms with Gasteiger partial charge in [-0.1, -0.05) is 17.7 Å². The lowest BCUT2D eigenvalue weighted by Crippen LogP contribution is -2.26. The first-order valence-electron chi connectivity index (χ1n) is 9.52. The molecule has 3 aromatic heterocycles. The van der Waals surface area contributed by atoms with Crippen molar-refractivity contribution in [1.82, 2.24) is 29.9 Å². The maximum Gasteiger partial charge on any atom is 0.434 e. The number of fused-ring (bicyclic) bond motifs is 1. The van der Waals surface area contributed by atoms with Crippen LogP contribution >= 0.6 is 11.6 Å². The number of aromatic nitrogens is 5. The Balaban J connectivity index is 1.79. The number of ether oxygens (including phenoxy) is 1. The maximum atomic E-state index is 14.1. The van der Waals surface area contributed by atoms with Gasteiger partial charge in [-0.2, -0.15) is 23.0 Å². The molecule has 0 spiro atoms. The molecular formula is C20H15ClF3N7O3. The van der Waals surface area contributed by atoms with E-state index in [1.165, 1.54) is 38.6 Å². The largest absolute Gasteiger partial charge is 0.481 e. The van der Waals surface area contributed by atoms with E-state index in [0.717, 1.165) is 16.9 Å². The molecule has 0 saturated carbocycles. The molecular weight excluding hydrogens is 479 g/mol. The third kappa shape index (κ3) is 4.01.